The number of halogens is 3. The summed E-state index contributed by atoms with van der Waals surface area (Å²) >= 11 is -2.24. The molecule has 0 rings (SSSR count). The first-order valence-corrected chi connectivity index (χ1v) is 15.6. The summed E-state index contributed by atoms with van der Waals surface area (Å²) in [6.07, 6.45) is 0. The molecule has 0 unspecified atom stereocenters. The van der Waals surface area contributed by atoms with Crippen molar-refractivity contribution in [3.63, 3.8) is 0 Å². The van der Waals surface area contributed by atoms with E-state index < -0.39 is 19.0 Å². The van der Waals surface area contributed by atoms with Gasteiger partial charge < -0.3 is 5.73 Å². The van der Waals surface area contributed by atoms with E-state index in [-0.39, 0.29) is 0 Å². The molecule has 0 bridgehead atoms. The molecule has 0 spiro atoms. The van der Waals surface area contributed by atoms with Crippen LogP contribution in [0, 0.1) is 0 Å². The standard InChI is InChI=1S/CH5N.3ClH.Pb/c1-2;;;;/h2H2,1H3;3*1H;/q;;;;+4/p-2. The molecule has 3 N–H and O–H groups in total. The Balaban J connectivity index is 0. The Hall–Kier alpha value is 1.75. The summed E-state index contributed by atoms with van der Waals surface area (Å²) in [5.41, 5.74) is 3.25. The van der Waals surface area contributed by atoms with Gasteiger partial charge in [0.2, 0.25) is 0 Å². The molecule has 6 heavy (non-hydrogen) atoms. The molecule has 0 heterocycles. The molecule has 0 amide bonds. The van der Waals surface area contributed by atoms with Crippen molar-refractivity contribution in [1.82, 2.24) is 0 Å². The summed E-state index contributed by atoms with van der Waals surface area (Å²) < 4.78 is 0. The Kier molecular flexibility index (Phi) is 17.6. The van der Waals surface area contributed by atoms with Crippen molar-refractivity contribution in [2.45, 2.75) is 0 Å². The molecule has 0 aromatic rings. The van der Waals surface area contributed by atoms with Gasteiger partial charge in [0.25, 0.3) is 0 Å². The maximum absolute atomic E-state index is 5.02. The van der Waals surface area contributed by atoms with Crippen LogP contribution >= 0.6 is 24.9 Å². The first kappa shape index (κ1) is 10.7. The molecule has 0 saturated heterocycles. The molecule has 5 heteroatoms. The third-order valence-corrected chi connectivity index (χ3v) is 0. The van der Waals surface area contributed by atoms with Crippen LogP contribution in [-0.2, 0) is 0 Å². The normalized spacial score (nSPS) is 5.50. The first-order valence-electron chi connectivity index (χ1n) is 1.27. The Morgan fingerprint density at radius 1 is 1.17 bits per heavy atom. The van der Waals surface area contributed by atoms with Crippen molar-refractivity contribution in [3.8, 4) is 0 Å². The first-order chi connectivity index (χ1) is 2.73. The van der Waals surface area contributed by atoms with Gasteiger partial charge in [-0.05, 0) is 0 Å². The molecule has 0 atom stereocenters. The van der Waals surface area contributed by atoms with Crippen LogP contribution in [-0.4, -0.2) is 26.1 Å². The molecule has 0 aliphatic carbocycles. The van der Waals surface area contributed by atoms with Crippen LogP contribution in [0.2, 0.25) is 0 Å². The summed E-state index contributed by atoms with van der Waals surface area (Å²) in [5, 5.41) is 0. The van der Waals surface area contributed by atoms with Gasteiger partial charge in [0.15, 0.2) is 0 Å². The number of rotatable bonds is 0. The van der Waals surface area contributed by atoms with Crippen LogP contribution in [0.3, 0.4) is 0 Å². The molecule has 1 nitrogen and oxygen atoms in total. The van der Waals surface area contributed by atoms with E-state index in [2.05, 4.69) is 5.73 Å². The molecular formula is CH6Cl3NPb+2. The SMILES string of the molecule is C[NH3+].[Cl][Pb+]([Cl])[Cl]. The Labute approximate surface area is 56.3 Å². The van der Waals surface area contributed by atoms with Gasteiger partial charge in [-0.1, -0.05) is 0 Å². The zero-order valence-corrected chi connectivity index (χ0v) is 9.50. The van der Waals surface area contributed by atoms with E-state index >= 15 is 0 Å². The monoisotopic (exact) mass is 345 g/mol. The van der Waals surface area contributed by atoms with Gasteiger partial charge in [-0.25, -0.2) is 0 Å². The fourth-order valence-electron chi connectivity index (χ4n) is 0. The fraction of sp³-hybridized carbons (Fsp3) is 1.00. The topological polar surface area (TPSA) is 27.6 Å². The summed E-state index contributed by atoms with van der Waals surface area (Å²) in [7, 11) is 16.8. The van der Waals surface area contributed by atoms with Gasteiger partial charge in [0.1, 0.15) is 0 Å². The molecule has 0 aliphatic rings. The van der Waals surface area contributed by atoms with Gasteiger partial charge >= 0.3 is 44.0 Å². The zero-order chi connectivity index (χ0) is 5.58. The molecule has 38 valence electrons. The van der Waals surface area contributed by atoms with E-state index in [0.717, 1.165) is 0 Å². The summed E-state index contributed by atoms with van der Waals surface area (Å²) in [5.74, 6) is 0. The van der Waals surface area contributed by atoms with E-state index in [1.54, 1.807) is 7.05 Å². The molecule has 0 aromatic carbocycles. The van der Waals surface area contributed by atoms with Crippen LogP contribution in [0.5, 0.6) is 0 Å². The quantitative estimate of drug-likeness (QED) is 0.621. The van der Waals surface area contributed by atoms with E-state index in [1.165, 1.54) is 0 Å². The van der Waals surface area contributed by atoms with E-state index in [0.29, 0.717) is 0 Å². The van der Waals surface area contributed by atoms with Crippen molar-refractivity contribution >= 4 is 44.0 Å². The fourth-order valence-corrected chi connectivity index (χ4v) is 0. The van der Waals surface area contributed by atoms with Crippen molar-refractivity contribution in [1.29, 1.82) is 0 Å². The summed E-state index contributed by atoms with van der Waals surface area (Å²) in [6.45, 7) is 0. The number of quaternary nitrogens is 1. The second kappa shape index (κ2) is 9.89. The van der Waals surface area contributed by atoms with E-state index in [4.69, 9.17) is 24.9 Å². The number of hydrogen-bond donors (Lipinski definition) is 1. The Bertz CT molecular complexity index is 15.5. The third kappa shape index (κ3) is 42.3. The predicted molar refractivity (Wildman–Crippen MR) is 32.1 cm³/mol. The van der Waals surface area contributed by atoms with Crippen LogP contribution in [0.1, 0.15) is 0 Å². The average molecular weight is 346 g/mol. The summed E-state index contributed by atoms with van der Waals surface area (Å²) in [4.78, 5) is 0. The van der Waals surface area contributed by atoms with Crippen LogP contribution < -0.4 is 5.73 Å². The van der Waals surface area contributed by atoms with Crippen LogP contribution in [0.25, 0.3) is 0 Å². The minimum absolute atomic E-state index is 1.75. The van der Waals surface area contributed by atoms with Crippen molar-refractivity contribution in [3.05, 3.63) is 0 Å². The van der Waals surface area contributed by atoms with Crippen LogP contribution in [0.4, 0.5) is 0 Å². The summed E-state index contributed by atoms with van der Waals surface area (Å²) in [6, 6.07) is 0. The minimum atomic E-state index is -2.24. The maximum atomic E-state index is 5.02. The molecule has 0 radical (unpaired) electrons. The molecule has 0 saturated carbocycles. The second-order valence-electron chi connectivity index (χ2n) is 0.214. The zero-order valence-electron chi connectivity index (χ0n) is 3.34. The van der Waals surface area contributed by atoms with Crippen LogP contribution in [0.15, 0.2) is 0 Å². The third-order valence-electron chi connectivity index (χ3n) is 0. The Morgan fingerprint density at radius 3 is 1.17 bits per heavy atom. The molecule has 0 aromatic heterocycles. The molecular weight excluding hydrogens is 340 g/mol. The van der Waals surface area contributed by atoms with E-state index in [1.807, 2.05) is 0 Å². The van der Waals surface area contributed by atoms with E-state index in [9.17, 15) is 0 Å². The number of hydrogen-bond acceptors (Lipinski definition) is 0. The van der Waals surface area contributed by atoms with Gasteiger partial charge in [-0.3, -0.25) is 0 Å². The van der Waals surface area contributed by atoms with Gasteiger partial charge in [0.05, 0.1) is 7.05 Å². The predicted octanol–water partition coefficient (Wildman–Crippen LogP) is 0.546. The molecule has 0 fully saturated rings. The van der Waals surface area contributed by atoms with Crippen molar-refractivity contribution in [2.75, 3.05) is 7.05 Å². The van der Waals surface area contributed by atoms with Gasteiger partial charge in [-0.2, -0.15) is 0 Å². The molecule has 0 aliphatic heterocycles. The average Bonchev–Trinajstić information content (AvgIpc) is 1.41. The Morgan fingerprint density at radius 2 is 1.17 bits per heavy atom. The van der Waals surface area contributed by atoms with Gasteiger partial charge in [0, 0.05) is 0 Å². The second-order valence-corrected chi connectivity index (χ2v) is 16.9. The van der Waals surface area contributed by atoms with Crippen molar-refractivity contribution < 1.29 is 5.73 Å². The van der Waals surface area contributed by atoms with Gasteiger partial charge in [-0.15, -0.1) is 0 Å². The van der Waals surface area contributed by atoms with Crippen molar-refractivity contribution in [2.24, 2.45) is 0 Å².